The van der Waals surface area contributed by atoms with Crippen LogP contribution in [0.4, 0.5) is 0 Å². The highest BCUT2D eigenvalue weighted by atomic mass is 14.9. The van der Waals surface area contributed by atoms with E-state index in [0.717, 1.165) is 17.8 Å². The number of allylic oxidation sites excluding steroid dienone is 3. The van der Waals surface area contributed by atoms with Crippen molar-refractivity contribution in [2.75, 3.05) is 7.05 Å². The summed E-state index contributed by atoms with van der Waals surface area (Å²) in [5.41, 5.74) is 1.30. The van der Waals surface area contributed by atoms with E-state index in [1.165, 1.54) is 37.7 Å². The van der Waals surface area contributed by atoms with Crippen molar-refractivity contribution < 1.29 is 0 Å². The summed E-state index contributed by atoms with van der Waals surface area (Å²) in [6.07, 6.45) is 10.7. The van der Waals surface area contributed by atoms with Crippen LogP contribution in [0.25, 0.3) is 0 Å². The molecular formula is C19H37N. The van der Waals surface area contributed by atoms with Crippen LogP contribution in [0.1, 0.15) is 66.7 Å². The summed E-state index contributed by atoms with van der Waals surface area (Å²) in [7, 11) is 2.09. The van der Waals surface area contributed by atoms with Crippen LogP contribution in [0.2, 0.25) is 0 Å². The molecule has 0 aliphatic heterocycles. The standard InChI is InChI=1S/C19H37N/c1-8-15(4)12-11-13-19(17(6)20-7)14-18(10-3)16(5)9-2/h8,12,16-20H,1,9-11,13-14H2,2-7H3/b15-12-/t16?,17-,18-,19?/m0/s1. The van der Waals surface area contributed by atoms with Crippen molar-refractivity contribution in [1.82, 2.24) is 5.32 Å². The van der Waals surface area contributed by atoms with Crippen molar-refractivity contribution >= 4 is 0 Å². The summed E-state index contributed by atoms with van der Waals surface area (Å²) in [6.45, 7) is 15.4. The van der Waals surface area contributed by atoms with Gasteiger partial charge in [0.2, 0.25) is 0 Å². The molecule has 0 rings (SSSR count). The fourth-order valence-electron chi connectivity index (χ4n) is 2.94. The Bertz CT molecular complexity index is 279. The zero-order valence-electron chi connectivity index (χ0n) is 14.7. The van der Waals surface area contributed by atoms with E-state index in [2.05, 4.69) is 59.6 Å². The summed E-state index contributed by atoms with van der Waals surface area (Å²) in [4.78, 5) is 0. The van der Waals surface area contributed by atoms with Gasteiger partial charge in [0.1, 0.15) is 0 Å². The maximum atomic E-state index is 3.82. The lowest BCUT2D eigenvalue weighted by Crippen LogP contribution is -2.32. The van der Waals surface area contributed by atoms with Gasteiger partial charge in [-0.2, -0.15) is 0 Å². The second-order valence-electron chi connectivity index (χ2n) is 6.36. The molecular weight excluding hydrogens is 242 g/mol. The van der Waals surface area contributed by atoms with Crippen molar-refractivity contribution in [3.05, 3.63) is 24.3 Å². The molecule has 118 valence electrons. The molecule has 2 unspecified atom stereocenters. The first-order chi connectivity index (χ1) is 9.49. The topological polar surface area (TPSA) is 12.0 Å². The molecule has 0 aliphatic carbocycles. The van der Waals surface area contributed by atoms with Crippen molar-refractivity contribution in [1.29, 1.82) is 0 Å². The molecule has 0 bridgehead atoms. The zero-order chi connectivity index (χ0) is 15.5. The smallest absolute Gasteiger partial charge is 0.00642 e. The number of hydrogen-bond acceptors (Lipinski definition) is 1. The molecule has 1 nitrogen and oxygen atoms in total. The molecule has 0 aromatic carbocycles. The first kappa shape index (κ1) is 19.4. The van der Waals surface area contributed by atoms with E-state index in [9.17, 15) is 0 Å². The number of nitrogens with one attached hydrogen (secondary N) is 1. The van der Waals surface area contributed by atoms with Crippen molar-refractivity contribution in [3.8, 4) is 0 Å². The summed E-state index contributed by atoms with van der Waals surface area (Å²) < 4.78 is 0. The summed E-state index contributed by atoms with van der Waals surface area (Å²) in [5.74, 6) is 2.48. The fraction of sp³-hybridized carbons (Fsp3) is 0.789. The van der Waals surface area contributed by atoms with E-state index in [1.807, 2.05) is 6.08 Å². The lowest BCUT2D eigenvalue weighted by atomic mass is 9.78. The first-order valence-corrected chi connectivity index (χ1v) is 8.46. The van der Waals surface area contributed by atoms with Crippen LogP contribution in [-0.4, -0.2) is 13.1 Å². The van der Waals surface area contributed by atoms with Crippen molar-refractivity contribution in [3.63, 3.8) is 0 Å². The minimum atomic E-state index is 0.602. The van der Waals surface area contributed by atoms with E-state index < -0.39 is 0 Å². The lowest BCUT2D eigenvalue weighted by Gasteiger charge is -2.30. The molecule has 4 atom stereocenters. The van der Waals surface area contributed by atoms with Crippen molar-refractivity contribution in [2.45, 2.75) is 72.8 Å². The van der Waals surface area contributed by atoms with Gasteiger partial charge in [0.05, 0.1) is 0 Å². The highest BCUT2D eigenvalue weighted by molar-refractivity contribution is 5.12. The molecule has 0 aliphatic rings. The SMILES string of the molecule is C=C/C(C)=C\CCC(C[C@H](CC)C(C)CC)[C@H](C)NC. The normalized spacial score (nSPS) is 18.4. The largest absolute Gasteiger partial charge is 0.317 e. The van der Waals surface area contributed by atoms with Gasteiger partial charge < -0.3 is 5.32 Å². The Morgan fingerprint density at radius 3 is 2.25 bits per heavy atom. The Labute approximate surface area is 127 Å². The third-order valence-corrected chi connectivity index (χ3v) is 5.07. The Morgan fingerprint density at radius 1 is 1.15 bits per heavy atom. The Balaban J connectivity index is 4.59. The van der Waals surface area contributed by atoms with Gasteiger partial charge in [-0.3, -0.25) is 0 Å². The fourth-order valence-corrected chi connectivity index (χ4v) is 2.94. The van der Waals surface area contributed by atoms with Crippen LogP contribution >= 0.6 is 0 Å². The van der Waals surface area contributed by atoms with E-state index in [0.29, 0.717) is 6.04 Å². The molecule has 20 heavy (non-hydrogen) atoms. The van der Waals surface area contributed by atoms with Gasteiger partial charge in [-0.1, -0.05) is 57.9 Å². The molecule has 0 amide bonds. The Kier molecular flexibility index (Phi) is 10.8. The third kappa shape index (κ3) is 7.28. The predicted octanol–water partition coefficient (Wildman–Crippen LogP) is 5.59. The lowest BCUT2D eigenvalue weighted by molar-refractivity contribution is 0.231. The molecule has 0 heterocycles. The van der Waals surface area contributed by atoms with Crippen LogP contribution in [0.3, 0.4) is 0 Å². The average molecular weight is 280 g/mol. The molecule has 0 aromatic heterocycles. The van der Waals surface area contributed by atoms with E-state index in [4.69, 9.17) is 0 Å². The van der Waals surface area contributed by atoms with E-state index >= 15 is 0 Å². The molecule has 0 fully saturated rings. The van der Waals surface area contributed by atoms with Gasteiger partial charge >= 0.3 is 0 Å². The molecule has 0 radical (unpaired) electrons. The van der Waals surface area contributed by atoms with Gasteiger partial charge in [0, 0.05) is 6.04 Å². The maximum Gasteiger partial charge on any atom is 0.00642 e. The van der Waals surface area contributed by atoms with Gasteiger partial charge in [0.25, 0.3) is 0 Å². The predicted molar refractivity (Wildman–Crippen MR) is 93.1 cm³/mol. The first-order valence-electron chi connectivity index (χ1n) is 8.46. The highest BCUT2D eigenvalue weighted by Gasteiger charge is 2.22. The third-order valence-electron chi connectivity index (χ3n) is 5.07. The molecule has 0 saturated carbocycles. The number of hydrogen-bond donors (Lipinski definition) is 1. The maximum absolute atomic E-state index is 3.82. The quantitative estimate of drug-likeness (QED) is 0.486. The summed E-state index contributed by atoms with van der Waals surface area (Å²) in [5, 5.41) is 3.46. The Morgan fingerprint density at radius 2 is 1.80 bits per heavy atom. The van der Waals surface area contributed by atoms with Crippen LogP contribution in [0, 0.1) is 17.8 Å². The van der Waals surface area contributed by atoms with Gasteiger partial charge in [0.15, 0.2) is 0 Å². The second-order valence-corrected chi connectivity index (χ2v) is 6.36. The molecule has 0 aromatic rings. The highest BCUT2D eigenvalue weighted by Crippen LogP contribution is 2.30. The van der Waals surface area contributed by atoms with Gasteiger partial charge in [-0.05, 0) is 57.9 Å². The molecule has 0 saturated heterocycles. The molecule has 0 spiro atoms. The second kappa shape index (κ2) is 11.1. The van der Waals surface area contributed by atoms with Crippen LogP contribution in [0.5, 0.6) is 0 Å². The average Bonchev–Trinajstić information content (AvgIpc) is 2.48. The monoisotopic (exact) mass is 279 g/mol. The van der Waals surface area contributed by atoms with Gasteiger partial charge in [-0.15, -0.1) is 0 Å². The summed E-state index contributed by atoms with van der Waals surface area (Å²) in [6, 6.07) is 0.602. The van der Waals surface area contributed by atoms with E-state index in [-0.39, 0.29) is 0 Å². The number of rotatable bonds is 11. The Hall–Kier alpha value is -0.560. The van der Waals surface area contributed by atoms with Gasteiger partial charge in [-0.25, -0.2) is 0 Å². The van der Waals surface area contributed by atoms with E-state index in [1.54, 1.807) is 0 Å². The van der Waals surface area contributed by atoms with Crippen molar-refractivity contribution in [2.24, 2.45) is 17.8 Å². The van der Waals surface area contributed by atoms with Crippen LogP contribution in [-0.2, 0) is 0 Å². The van der Waals surface area contributed by atoms with Crippen LogP contribution in [0.15, 0.2) is 24.3 Å². The van der Waals surface area contributed by atoms with Crippen LogP contribution < -0.4 is 5.32 Å². The molecule has 1 N–H and O–H groups in total. The minimum absolute atomic E-state index is 0.602. The zero-order valence-corrected chi connectivity index (χ0v) is 14.7. The summed E-state index contributed by atoms with van der Waals surface area (Å²) >= 11 is 0. The minimum Gasteiger partial charge on any atom is -0.317 e. The molecule has 1 heteroatoms.